The van der Waals surface area contributed by atoms with Crippen LogP contribution in [0.5, 0.6) is 0 Å². The molecule has 19 heavy (non-hydrogen) atoms. The molecule has 0 fully saturated rings. The summed E-state index contributed by atoms with van der Waals surface area (Å²) in [7, 11) is 0. The average Bonchev–Trinajstić information content (AvgIpc) is 2.74. The predicted molar refractivity (Wildman–Crippen MR) is 82.2 cm³/mol. The first-order valence-corrected chi connectivity index (χ1v) is 7.47. The summed E-state index contributed by atoms with van der Waals surface area (Å²) in [5.41, 5.74) is 10.6. The molecule has 2 atom stereocenters. The monoisotopic (exact) mass is 260 g/mol. The van der Waals surface area contributed by atoms with Crippen molar-refractivity contribution in [1.29, 1.82) is 0 Å². The minimum atomic E-state index is 0.206. The van der Waals surface area contributed by atoms with Crippen LogP contribution in [0, 0.1) is 0 Å². The van der Waals surface area contributed by atoms with Crippen molar-refractivity contribution in [3.8, 4) is 0 Å². The Morgan fingerprint density at radius 3 is 2.58 bits per heavy atom. The van der Waals surface area contributed by atoms with Gasteiger partial charge in [0.1, 0.15) is 0 Å². The summed E-state index contributed by atoms with van der Waals surface area (Å²) in [4.78, 5) is 2.55. The Hall–Kier alpha value is -0.860. The molecule has 1 aromatic rings. The molecule has 2 N–H and O–H groups in total. The van der Waals surface area contributed by atoms with E-state index >= 15 is 0 Å². The highest BCUT2D eigenvalue weighted by molar-refractivity contribution is 5.40. The van der Waals surface area contributed by atoms with E-state index in [1.165, 1.54) is 23.1 Å². The van der Waals surface area contributed by atoms with Crippen LogP contribution in [-0.2, 0) is 12.0 Å². The van der Waals surface area contributed by atoms with Gasteiger partial charge in [-0.15, -0.1) is 0 Å². The molecule has 106 valence electrons. The predicted octanol–water partition coefficient (Wildman–Crippen LogP) is 3.60. The van der Waals surface area contributed by atoms with Crippen molar-refractivity contribution in [1.82, 2.24) is 4.90 Å². The highest BCUT2D eigenvalue weighted by Gasteiger charge is 2.32. The Kier molecular flexibility index (Phi) is 4.03. The van der Waals surface area contributed by atoms with Crippen LogP contribution in [0.25, 0.3) is 0 Å². The van der Waals surface area contributed by atoms with E-state index < -0.39 is 0 Å². The van der Waals surface area contributed by atoms with E-state index in [-0.39, 0.29) is 5.41 Å². The van der Waals surface area contributed by atoms with Crippen LogP contribution in [0.1, 0.15) is 63.8 Å². The van der Waals surface area contributed by atoms with E-state index in [1.54, 1.807) is 0 Å². The Morgan fingerprint density at radius 2 is 2.05 bits per heavy atom. The number of nitrogens with two attached hydrogens (primary N) is 1. The first-order chi connectivity index (χ1) is 8.88. The number of hydrogen-bond donors (Lipinski definition) is 1. The van der Waals surface area contributed by atoms with E-state index in [2.05, 4.69) is 57.7 Å². The normalized spacial score (nSPS) is 21.5. The third kappa shape index (κ3) is 2.70. The first kappa shape index (κ1) is 14.5. The molecule has 1 aromatic carbocycles. The second kappa shape index (κ2) is 5.26. The second-order valence-electron chi connectivity index (χ2n) is 6.84. The van der Waals surface area contributed by atoms with Gasteiger partial charge < -0.3 is 5.73 Å². The topological polar surface area (TPSA) is 29.3 Å². The van der Waals surface area contributed by atoms with Crippen LogP contribution < -0.4 is 5.73 Å². The molecule has 2 rings (SSSR count). The quantitative estimate of drug-likeness (QED) is 0.899. The van der Waals surface area contributed by atoms with Gasteiger partial charge in [0.2, 0.25) is 0 Å². The lowest BCUT2D eigenvalue weighted by molar-refractivity contribution is 0.157. The van der Waals surface area contributed by atoms with Crippen LogP contribution in [0.2, 0.25) is 0 Å². The average molecular weight is 260 g/mol. The summed E-state index contributed by atoms with van der Waals surface area (Å²) < 4.78 is 0. The van der Waals surface area contributed by atoms with Crippen molar-refractivity contribution in [3.05, 3.63) is 34.9 Å². The third-order valence-corrected chi connectivity index (χ3v) is 4.50. The first-order valence-electron chi connectivity index (χ1n) is 7.47. The van der Waals surface area contributed by atoms with Crippen molar-refractivity contribution in [2.24, 2.45) is 5.73 Å². The summed E-state index contributed by atoms with van der Waals surface area (Å²) in [5, 5.41) is 0. The Labute approximate surface area is 118 Å². The molecule has 2 unspecified atom stereocenters. The zero-order chi connectivity index (χ0) is 14.2. The molecule has 2 nitrogen and oxygen atoms in total. The van der Waals surface area contributed by atoms with Gasteiger partial charge in [0.25, 0.3) is 0 Å². The van der Waals surface area contributed by atoms with E-state index in [0.717, 1.165) is 6.54 Å². The molecule has 0 spiro atoms. The van der Waals surface area contributed by atoms with Crippen LogP contribution in [0.15, 0.2) is 18.2 Å². The largest absolute Gasteiger partial charge is 0.329 e. The van der Waals surface area contributed by atoms with E-state index in [4.69, 9.17) is 5.73 Å². The third-order valence-electron chi connectivity index (χ3n) is 4.50. The van der Waals surface area contributed by atoms with Gasteiger partial charge in [-0.1, -0.05) is 45.9 Å². The molecule has 0 bridgehead atoms. The Morgan fingerprint density at radius 1 is 1.37 bits per heavy atom. The van der Waals surface area contributed by atoms with Crippen LogP contribution in [0.4, 0.5) is 0 Å². The molecule has 1 heterocycles. The maximum absolute atomic E-state index is 6.05. The molecule has 1 aliphatic rings. The van der Waals surface area contributed by atoms with Crippen LogP contribution in [-0.4, -0.2) is 17.5 Å². The molecular formula is C17H28N2. The summed E-state index contributed by atoms with van der Waals surface area (Å²) in [6.07, 6.45) is 1.18. The summed E-state index contributed by atoms with van der Waals surface area (Å²) in [5.74, 6) is 0. The molecule has 0 aromatic heterocycles. The maximum Gasteiger partial charge on any atom is 0.0480 e. The molecular weight excluding hydrogens is 232 g/mol. The Balaban J connectivity index is 2.37. The fourth-order valence-electron chi connectivity index (χ4n) is 2.96. The minimum Gasteiger partial charge on any atom is -0.329 e. The lowest BCUT2D eigenvalue weighted by atomic mass is 9.85. The zero-order valence-corrected chi connectivity index (χ0v) is 13.0. The molecule has 1 aliphatic heterocycles. The van der Waals surface area contributed by atoms with Crippen molar-refractivity contribution in [2.75, 3.05) is 6.54 Å². The molecule has 0 radical (unpaired) electrons. The maximum atomic E-state index is 6.05. The molecule has 0 saturated heterocycles. The van der Waals surface area contributed by atoms with Crippen molar-refractivity contribution >= 4 is 0 Å². The molecule has 2 heteroatoms. The van der Waals surface area contributed by atoms with Crippen LogP contribution >= 0.6 is 0 Å². The highest BCUT2D eigenvalue weighted by Crippen LogP contribution is 2.37. The minimum absolute atomic E-state index is 0.206. The Bertz CT molecular complexity index is 445. The standard InChI is InChI=1S/C17H28N2/c1-6-12(2)19-11-13-7-8-14(17(3,4)5)9-15(13)16(19)10-18/h7-9,12,16H,6,10-11,18H2,1-5H3. The van der Waals surface area contributed by atoms with Gasteiger partial charge in [0.15, 0.2) is 0 Å². The fraction of sp³-hybridized carbons (Fsp3) is 0.647. The number of hydrogen-bond acceptors (Lipinski definition) is 2. The van der Waals surface area contributed by atoms with Gasteiger partial charge in [-0.25, -0.2) is 0 Å². The second-order valence-corrected chi connectivity index (χ2v) is 6.84. The van der Waals surface area contributed by atoms with Gasteiger partial charge in [-0.2, -0.15) is 0 Å². The number of benzene rings is 1. The van der Waals surface area contributed by atoms with Crippen molar-refractivity contribution in [3.63, 3.8) is 0 Å². The van der Waals surface area contributed by atoms with Gasteiger partial charge in [-0.3, -0.25) is 4.90 Å². The molecule has 0 aliphatic carbocycles. The highest BCUT2D eigenvalue weighted by atomic mass is 15.2. The lowest BCUT2D eigenvalue weighted by Gasteiger charge is -2.29. The molecule has 0 amide bonds. The number of rotatable bonds is 3. The van der Waals surface area contributed by atoms with Gasteiger partial charge in [-0.05, 0) is 35.4 Å². The SMILES string of the molecule is CCC(C)N1Cc2ccc(C(C)(C)C)cc2C1CN. The van der Waals surface area contributed by atoms with E-state index in [0.29, 0.717) is 18.6 Å². The van der Waals surface area contributed by atoms with E-state index in [9.17, 15) is 0 Å². The smallest absolute Gasteiger partial charge is 0.0480 e. The molecule has 0 saturated carbocycles. The lowest BCUT2D eigenvalue weighted by Crippen LogP contribution is -2.34. The van der Waals surface area contributed by atoms with Crippen molar-refractivity contribution < 1.29 is 0 Å². The summed E-state index contributed by atoms with van der Waals surface area (Å²) >= 11 is 0. The van der Waals surface area contributed by atoms with Gasteiger partial charge >= 0.3 is 0 Å². The van der Waals surface area contributed by atoms with Gasteiger partial charge in [0.05, 0.1) is 0 Å². The number of fused-ring (bicyclic) bond motifs is 1. The van der Waals surface area contributed by atoms with Gasteiger partial charge in [0, 0.05) is 25.2 Å². The fourth-order valence-corrected chi connectivity index (χ4v) is 2.96. The van der Waals surface area contributed by atoms with Crippen LogP contribution in [0.3, 0.4) is 0 Å². The van der Waals surface area contributed by atoms with E-state index in [1.807, 2.05) is 0 Å². The van der Waals surface area contributed by atoms with Crippen molar-refractivity contribution in [2.45, 2.75) is 65.1 Å². The number of nitrogens with zero attached hydrogens (tertiary/aromatic N) is 1. The summed E-state index contributed by atoms with van der Waals surface area (Å²) in [6.45, 7) is 13.1. The summed E-state index contributed by atoms with van der Waals surface area (Å²) in [6, 6.07) is 7.97. The zero-order valence-electron chi connectivity index (χ0n) is 13.0.